The van der Waals surface area contributed by atoms with Crippen LogP contribution in [0.5, 0.6) is 0 Å². The maximum Gasteiger partial charge on any atom is 0.254 e. The smallest absolute Gasteiger partial charge is 0.254 e. The van der Waals surface area contributed by atoms with Crippen LogP contribution in [-0.4, -0.2) is 47.9 Å². The summed E-state index contributed by atoms with van der Waals surface area (Å²) in [5, 5.41) is 2.80. The summed E-state index contributed by atoms with van der Waals surface area (Å²) in [7, 11) is 0. The third kappa shape index (κ3) is 5.15. The highest BCUT2D eigenvalue weighted by Crippen LogP contribution is 2.25. The van der Waals surface area contributed by atoms with Crippen LogP contribution in [0.4, 0.5) is 15.9 Å². The van der Waals surface area contributed by atoms with Gasteiger partial charge in [-0.15, -0.1) is 0 Å². The summed E-state index contributed by atoms with van der Waals surface area (Å²) in [5.74, 6) is 0.0895. The lowest BCUT2D eigenvalue weighted by molar-refractivity contribution is -0.120. The van der Waals surface area contributed by atoms with Crippen molar-refractivity contribution in [3.8, 4) is 0 Å². The fourth-order valence-electron chi connectivity index (χ4n) is 4.19. The first kappa shape index (κ1) is 21.6. The van der Waals surface area contributed by atoms with Gasteiger partial charge in [0.2, 0.25) is 5.91 Å². The minimum Gasteiger partial charge on any atom is -0.357 e. The van der Waals surface area contributed by atoms with E-state index in [0.717, 1.165) is 31.7 Å². The molecule has 0 bridgehead atoms. The van der Waals surface area contributed by atoms with Crippen LogP contribution in [-0.2, 0) is 4.79 Å². The van der Waals surface area contributed by atoms with Crippen LogP contribution < -0.4 is 10.2 Å². The van der Waals surface area contributed by atoms with Gasteiger partial charge < -0.3 is 15.1 Å². The van der Waals surface area contributed by atoms with Crippen molar-refractivity contribution in [2.24, 2.45) is 5.92 Å². The molecule has 2 fully saturated rings. The number of rotatable bonds is 4. The lowest BCUT2D eigenvalue weighted by Crippen LogP contribution is -2.39. The molecule has 2 aliphatic rings. The number of halogens is 2. The first-order chi connectivity index (χ1) is 15.0. The van der Waals surface area contributed by atoms with Crippen LogP contribution in [0.2, 0.25) is 5.02 Å². The minimum atomic E-state index is -0.513. The van der Waals surface area contributed by atoms with Crippen LogP contribution in [0.1, 0.15) is 42.5 Å². The molecule has 2 aromatic rings. The van der Waals surface area contributed by atoms with E-state index in [1.807, 2.05) is 11.0 Å². The van der Waals surface area contributed by atoms with Crippen LogP contribution in [0.3, 0.4) is 0 Å². The highest BCUT2D eigenvalue weighted by atomic mass is 35.5. The van der Waals surface area contributed by atoms with Crippen molar-refractivity contribution in [1.29, 1.82) is 0 Å². The predicted octanol–water partition coefficient (Wildman–Crippen LogP) is 4.36. The summed E-state index contributed by atoms with van der Waals surface area (Å²) in [6.07, 6.45) is 6.33. The average molecular weight is 445 g/mol. The summed E-state index contributed by atoms with van der Waals surface area (Å²) < 4.78 is 13.3. The first-order valence-electron chi connectivity index (χ1n) is 10.8. The Morgan fingerprint density at radius 3 is 2.48 bits per heavy atom. The van der Waals surface area contributed by atoms with Crippen LogP contribution >= 0.6 is 11.6 Å². The van der Waals surface area contributed by atoms with Gasteiger partial charge in [0.1, 0.15) is 11.6 Å². The van der Waals surface area contributed by atoms with Gasteiger partial charge in [-0.05, 0) is 62.4 Å². The third-order valence-corrected chi connectivity index (χ3v) is 6.30. The molecule has 6 nitrogen and oxygen atoms in total. The van der Waals surface area contributed by atoms with Gasteiger partial charge in [-0.2, -0.15) is 0 Å². The number of piperidine rings is 2. The predicted molar refractivity (Wildman–Crippen MR) is 119 cm³/mol. The minimum absolute atomic E-state index is 0.0160. The van der Waals surface area contributed by atoms with E-state index in [1.165, 1.54) is 24.6 Å². The molecule has 0 saturated carbocycles. The van der Waals surface area contributed by atoms with Crippen molar-refractivity contribution in [1.82, 2.24) is 9.88 Å². The molecule has 8 heteroatoms. The molecule has 4 rings (SSSR count). The van der Waals surface area contributed by atoms with E-state index in [2.05, 4.69) is 15.2 Å². The molecule has 164 valence electrons. The Labute approximate surface area is 186 Å². The number of nitrogens with zero attached hydrogens (tertiary/aromatic N) is 3. The third-order valence-electron chi connectivity index (χ3n) is 6.01. The van der Waals surface area contributed by atoms with Crippen LogP contribution in [0.25, 0.3) is 0 Å². The van der Waals surface area contributed by atoms with Gasteiger partial charge in [0.05, 0.1) is 5.02 Å². The van der Waals surface area contributed by atoms with Crippen molar-refractivity contribution >= 4 is 34.9 Å². The number of hydrogen-bond donors (Lipinski definition) is 1. The quantitative estimate of drug-likeness (QED) is 0.761. The fourth-order valence-corrected chi connectivity index (χ4v) is 4.37. The number of aromatic nitrogens is 1. The number of anilines is 2. The Bertz CT molecular complexity index is 956. The lowest BCUT2D eigenvalue weighted by Gasteiger charge is -2.32. The topological polar surface area (TPSA) is 65.5 Å². The molecule has 31 heavy (non-hydrogen) atoms. The van der Waals surface area contributed by atoms with Crippen LogP contribution in [0.15, 0.2) is 36.5 Å². The number of hydrogen-bond acceptors (Lipinski definition) is 4. The monoisotopic (exact) mass is 444 g/mol. The number of benzene rings is 1. The second-order valence-electron chi connectivity index (χ2n) is 8.14. The van der Waals surface area contributed by atoms with Gasteiger partial charge in [-0.3, -0.25) is 9.59 Å². The second-order valence-corrected chi connectivity index (χ2v) is 8.54. The lowest BCUT2D eigenvalue weighted by atomic mass is 9.95. The number of pyridine rings is 1. The van der Waals surface area contributed by atoms with Gasteiger partial charge in [0, 0.05) is 49.5 Å². The van der Waals surface area contributed by atoms with Crippen molar-refractivity contribution in [3.63, 3.8) is 0 Å². The second kappa shape index (κ2) is 9.64. The molecule has 0 radical (unpaired) electrons. The summed E-state index contributed by atoms with van der Waals surface area (Å²) in [5.41, 5.74) is 1.16. The molecule has 1 aromatic carbocycles. The Hall–Kier alpha value is -2.67. The van der Waals surface area contributed by atoms with Crippen molar-refractivity contribution in [3.05, 3.63) is 52.9 Å². The Kier molecular flexibility index (Phi) is 6.70. The molecule has 1 aromatic heterocycles. The number of carbonyl (C=O) groups excluding carboxylic acids is 2. The van der Waals surface area contributed by atoms with E-state index in [1.54, 1.807) is 12.3 Å². The number of amides is 2. The molecule has 0 atom stereocenters. The van der Waals surface area contributed by atoms with E-state index < -0.39 is 5.82 Å². The molecule has 0 aliphatic carbocycles. The molecular weight excluding hydrogens is 419 g/mol. The summed E-state index contributed by atoms with van der Waals surface area (Å²) >= 11 is 5.79. The number of carbonyl (C=O) groups is 2. The zero-order valence-corrected chi connectivity index (χ0v) is 18.1. The van der Waals surface area contributed by atoms with Gasteiger partial charge >= 0.3 is 0 Å². The van der Waals surface area contributed by atoms with E-state index >= 15 is 0 Å². The fraction of sp³-hybridized carbons (Fsp3) is 0.435. The van der Waals surface area contributed by atoms with Gasteiger partial charge in [0.25, 0.3) is 5.91 Å². The first-order valence-corrected chi connectivity index (χ1v) is 11.2. The largest absolute Gasteiger partial charge is 0.357 e. The summed E-state index contributed by atoms with van der Waals surface area (Å²) in [6, 6.07) is 7.79. The molecule has 2 amide bonds. The van der Waals surface area contributed by atoms with Crippen molar-refractivity contribution in [2.75, 3.05) is 36.4 Å². The zero-order chi connectivity index (χ0) is 21.8. The molecule has 2 aliphatic heterocycles. The molecule has 0 spiro atoms. The Balaban J connectivity index is 1.34. The van der Waals surface area contributed by atoms with Crippen molar-refractivity contribution < 1.29 is 14.0 Å². The van der Waals surface area contributed by atoms with Gasteiger partial charge in [-0.1, -0.05) is 11.6 Å². The molecule has 1 N–H and O–H groups in total. The normalized spacial score (nSPS) is 17.5. The van der Waals surface area contributed by atoms with Gasteiger partial charge in [-0.25, -0.2) is 9.37 Å². The van der Waals surface area contributed by atoms with Crippen molar-refractivity contribution in [2.45, 2.75) is 32.1 Å². The molecule has 3 heterocycles. The summed E-state index contributed by atoms with van der Waals surface area (Å²) in [4.78, 5) is 33.9. The van der Waals surface area contributed by atoms with Gasteiger partial charge in [0.15, 0.2) is 0 Å². The van der Waals surface area contributed by atoms with E-state index in [-0.39, 0.29) is 22.8 Å². The highest BCUT2D eigenvalue weighted by Gasteiger charge is 2.26. The summed E-state index contributed by atoms with van der Waals surface area (Å²) in [6.45, 7) is 2.99. The Morgan fingerprint density at radius 1 is 1.03 bits per heavy atom. The highest BCUT2D eigenvalue weighted by molar-refractivity contribution is 6.31. The Morgan fingerprint density at radius 2 is 1.77 bits per heavy atom. The SMILES string of the molecule is O=C(Nc1ccc(F)c(Cl)c1)C1CCN(c2cc(C(=O)N3CCCCC3)ccn2)CC1. The van der Waals surface area contributed by atoms with E-state index in [0.29, 0.717) is 37.2 Å². The van der Waals surface area contributed by atoms with Crippen LogP contribution in [0, 0.1) is 11.7 Å². The molecule has 2 saturated heterocycles. The maximum absolute atomic E-state index is 13.3. The number of nitrogens with one attached hydrogen (secondary N) is 1. The molecule has 0 unspecified atom stereocenters. The average Bonchev–Trinajstić information content (AvgIpc) is 2.82. The van der Waals surface area contributed by atoms with E-state index in [9.17, 15) is 14.0 Å². The standard InChI is InChI=1S/C23H26ClFN4O2/c24-19-15-18(4-5-20(19)25)27-22(30)16-7-12-28(13-8-16)21-14-17(6-9-26-21)23(31)29-10-2-1-3-11-29/h4-6,9,14-16H,1-3,7-8,10-13H2,(H,27,30). The maximum atomic E-state index is 13.3. The number of likely N-dealkylation sites (tertiary alicyclic amines) is 1. The molecular formula is C23H26ClFN4O2. The zero-order valence-electron chi connectivity index (χ0n) is 17.3. The van der Waals surface area contributed by atoms with E-state index in [4.69, 9.17) is 11.6 Å².